The standard InChI is InChI=1S/C9H12N2O2/c12-9(13)7-5-10-11-8(7)4-6-2-1-3-6/h5-6H,1-4H2,(H,10,11)(H,12,13). The minimum Gasteiger partial charge on any atom is -0.478 e. The Kier molecular flexibility index (Phi) is 2.04. The molecule has 0 atom stereocenters. The third-order valence-corrected chi connectivity index (χ3v) is 2.66. The van der Waals surface area contributed by atoms with Crippen molar-refractivity contribution in [1.82, 2.24) is 10.2 Å². The number of aromatic nitrogens is 2. The fourth-order valence-corrected chi connectivity index (χ4v) is 1.63. The molecule has 2 N–H and O–H groups in total. The van der Waals surface area contributed by atoms with Gasteiger partial charge in [-0.15, -0.1) is 0 Å². The average molecular weight is 180 g/mol. The first-order valence-corrected chi connectivity index (χ1v) is 4.53. The third kappa shape index (κ3) is 1.56. The van der Waals surface area contributed by atoms with Crippen LogP contribution in [0.5, 0.6) is 0 Å². The zero-order valence-corrected chi connectivity index (χ0v) is 7.29. The highest BCUT2D eigenvalue weighted by atomic mass is 16.4. The maximum Gasteiger partial charge on any atom is 0.339 e. The third-order valence-electron chi connectivity index (χ3n) is 2.66. The lowest BCUT2D eigenvalue weighted by Crippen LogP contribution is -2.15. The van der Waals surface area contributed by atoms with Gasteiger partial charge in [-0.3, -0.25) is 5.10 Å². The maximum absolute atomic E-state index is 10.7. The average Bonchev–Trinajstić information content (AvgIpc) is 2.44. The molecule has 2 rings (SSSR count). The molecule has 1 aliphatic rings. The molecule has 0 bridgehead atoms. The number of carboxylic acids is 1. The molecule has 0 unspecified atom stereocenters. The van der Waals surface area contributed by atoms with E-state index >= 15 is 0 Å². The van der Waals surface area contributed by atoms with Gasteiger partial charge < -0.3 is 5.11 Å². The predicted molar refractivity (Wildman–Crippen MR) is 46.6 cm³/mol. The first kappa shape index (κ1) is 8.29. The zero-order valence-electron chi connectivity index (χ0n) is 7.29. The van der Waals surface area contributed by atoms with E-state index in [-0.39, 0.29) is 0 Å². The fourth-order valence-electron chi connectivity index (χ4n) is 1.63. The molecular formula is C9H12N2O2. The summed E-state index contributed by atoms with van der Waals surface area (Å²) in [5.74, 6) is -0.232. The Morgan fingerprint density at radius 1 is 1.69 bits per heavy atom. The van der Waals surface area contributed by atoms with E-state index in [0.29, 0.717) is 17.2 Å². The molecular weight excluding hydrogens is 168 g/mol. The van der Waals surface area contributed by atoms with Crippen molar-refractivity contribution in [2.75, 3.05) is 0 Å². The van der Waals surface area contributed by atoms with E-state index in [1.807, 2.05) is 0 Å². The van der Waals surface area contributed by atoms with Gasteiger partial charge in [0, 0.05) is 6.20 Å². The molecule has 1 aliphatic carbocycles. The molecule has 1 heterocycles. The highest BCUT2D eigenvalue weighted by Gasteiger charge is 2.22. The summed E-state index contributed by atoms with van der Waals surface area (Å²) in [4.78, 5) is 10.7. The van der Waals surface area contributed by atoms with E-state index in [1.54, 1.807) is 0 Å². The van der Waals surface area contributed by atoms with Crippen molar-refractivity contribution in [3.05, 3.63) is 17.5 Å². The Balaban J connectivity index is 2.09. The number of nitrogens with zero attached hydrogens (tertiary/aromatic N) is 1. The van der Waals surface area contributed by atoms with Crippen molar-refractivity contribution in [3.63, 3.8) is 0 Å². The van der Waals surface area contributed by atoms with E-state index in [2.05, 4.69) is 10.2 Å². The first-order chi connectivity index (χ1) is 6.27. The summed E-state index contributed by atoms with van der Waals surface area (Å²) in [6.45, 7) is 0. The van der Waals surface area contributed by atoms with Crippen LogP contribution in [-0.4, -0.2) is 21.3 Å². The quantitative estimate of drug-likeness (QED) is 0.739. The summed E-state index contributed by atoms with van der Waals surface area (Å²) in [7, 11) is 0. The second-order valence-electron chi connectivity index (χ2n) is 3.55. The smallest absolute Gasteiger partial charge is 0.339 e. The van der Waals surface area contributed by atoms with Crippen LogP contribution in [0.1, 0.15) is 35.3 Å². The van der Waals surface area contributed by atoms with Crippen molar-refractivity contribution in [1.29, 1.82) is 0 Å². The Morgan fingerprint density at radius 2 is 2.46 bits per heavy atom. The van der Waals surface area contributed by atoms with E-state index in [1.165, 1.54) is 25.5 Å². The van der Waals surface area contributed by atoms with Gasteiger partial charge in [0.05, 0.1) is 5.69 Å². The summed E-state index contributed by atoms with van der Waals surface area (Å²) in [5.41, 5.74) is 1.03. The minimum absolute atomic E-state index is 0.326. The van der Waals surface area contributed by atoms with Crippen molar-refractivity contribution < 1.29 is 9.90 Å². The van der Waals surface area contributed by atoms with Gasteiger partial charge in [0.25, 0.3) is 0 Å². The molecule has 0 amide bonds. The van der Waals surface area contributed by atoms with E-state index in [4.69, 9.17) is 5.11 Å². The second-order valence-corrected chi connectivity index (χ2v) is 3.55. The van der Waals surface area contributed by atoms with Crippen molar-refractivity contribution >= 4 is 5.97 Å². The molecule has 0 spiro atoms. The number of carboxylic acid groups (broad SMARTS) is 1. The second kappa shape index (κ2) is 3.20. The number of aromatic amines is 1. The highest BCUT2D eigenvalue weighted by Crippen LogP contribution is 2.29. The number of H-pyrrole nitrogens is 1. The van der Waals surface area contributed by atoms with Gasteiger partial charge in [-0.2, -0.15) is 5.10 Å². The first-order valence-electron chi connectivity index (χ1n) is 4.53. The maximum atomic E-state index is 10.7. The molecule has 0 radical (unpaired) electrons. The highest BCUT2D eigenvalue weighted by molar-refractivity contribution is 5.88. The topological polar surface area (TPSA) is 66.0 Å². The molecule has 13 heavy (non-hydrogen) atoms. The number of carbonyl (C=O) groups is 1. The molecule has 1 fully saturated rings. The van der Waals surface area contributed by atoms with Gasteiger partial charge in [0.2, 0.25) is 0 Å². The monoisotopic (exact) mass is 180 g/mol. The Bertz CT molecular complexity index is 315. The van der Waals surface area contributed by atoms with Gasteiger partial charge in [-0.25, -0.2) is 4.79 Å². The Morgan fingerprint density at radius 3 is 3.00 bits per heavy atom. The molecule has 0 saturated heterocycles. The summed E-state index contributed by atoms with van der Waals surface area (Å²) in [6.07, 6.45) is 5.97. The fraction of sp³-hybridized carbons (Fsp3) is 0.556. The summed E-state index contributed by atoms with van der Waals surface area (Å²) < 4.78 is 0. The number of hydrogen-bond acceptors (Lipinski definition) is 2. The summed E-state index contributed by atoms with van der Waals surface area (Å²) >= 11 is 0. The molecule has 4 nitrogen and oxygen atoms in total. The number of nitrogens with one attached hydrogen (secondary N) is 1. The molecule has 70 valence electrons. The van der Waals surface area contributed by atoms with E-state index in [0.717, 1.165) is 6.42 Å². The van der Waals surface area contributed by atoms with Crippen LogP contribution >= 0.6 is 0 Å². The lowest BCUT2D eigenvalue weighted by atomic mass is 9.81. The van der Waals surface area contributed by atoms with Crippen LogP contribution in [-0.2, 0) is 6.42 Å². The largest absolute Gasteiger partial charge is 0.478 e. The van der Waals surface area contributed by atoms with Crippen molar-refractivity contribution in [3.8, 4) is 0 Å². The Labute approximate surface area is 76.0 Å². The molecule has 1 saturated carbocycles. The van der Waals surface area contributed by atoms with Gasteiger partial charge in [0.15, 0.2) is 0 Å². The van der Waals surface area contributed by atoms with Crippen LogP contribution in [0.25, 0.3) is 0 Å². The zero-order chi connectivity index (χ0) is 9.26. The lowest BCUT2D eigenvalue weighted by molar-refractivity contribution is 0.0695. The number of aromatic carboxylic acids is 1. The SMILES string of the molecule is O=C(O)c1c[nH]nc1CC1CCC1. The van der Waals surface area contributed by atoms with Crippen LogP contribution in [0.2, 0.25) is 0 Å². The normalized spacial score (nSPS) is 16.9. The minimum atomic E-state index is -0.886. The van der Waals surface area contributed by atoms with Crippen LogP contribution in [0.3, 0.4) is 0 Å². The lowest BCUT2D eigenvalue weighted by Gasteiger charge is -2.24. The number of hydrogen-bond donors (Lipinski definition) is 2. The summed E-state index contributed by atoms with van der Waals surface area (Å²) in [5, 5.41) is 15.4. The summed E-state index contributed by atoms with van der Waals surface area (Å²) in [6, 6.07) is 0. The van der Waals surface area contributed by atoms with Crippen LogP contribution in [0, 0.1) is 5.92 Å². The van der Waals surface area contributed by atoms with Crippen LogP contribution < -0.4 is 0 Å². The van der Waals surface area contributed by atoms with Crippen molar-refractivity contribution in [2.24, 2.45) is 5.92 Å². The molecule has 0 aliphatic heterocycles. The van der Waals surface area contributed by atoms with Crippen LogP contribution in [0.15, 0.2) is 6.20 Å². The van der Waals surface area contributed by atoms with Gasteiger partial charge >= 0.3 is 5.97 Å². The van der Waals surface area contributed by atoms with Crippen molar-refractivity contribution in [2.45, 2.75) is 25.7 Å². The molecule has 1 aromatic rings. The van der Waals surface area contributed by atoms with E-state index < -0.39 is 5.97 Å². The molecule has 4 heteroatoms. The predicted octanol–water partition coefficient (Wildman–Crippen LogP) is 1.45. The molecule has 0 aromatic carbocycles. The molecule has 1 aromatic heterocycles. The van der Waals surface area contributed by atoms with Gasteiger partial charge in [-0.1, -0.05) is 19.3 Å². The van der Waals surface area contributed by atoms with Crippen LogP contribution in [0.4, 0.5) is 0 Å². The van der Waals surface area contributed by atoms with Gasteiger partial charge in [-0.05, 0) is 12.3 Å². The Hall–Kier alpha value is -1.32. The van der Waals surface area contributed by atoms with E-state index in [9.17, 15) is 4.79 Å². The number of rotatable bonds is 3. The van der Waals surface area contributed by atoms with Gasteiger partial charge in [0.1, 0.15) is 5.56 Å².